The Morgan fingerprint density at radius 3 is 2.42 bits per heavy atom. The quantitative estimate of drug-likeness (QED) is 0.700. The van der Waals surface area contributed by atoms with E-state index in [2.05, 4.69) is 35.7 Å². The van der Waals surface area contributed by atoms with Gasteiger partial charge in [0, 0.05) is 29.2 Å². The molecule has 0 bridgehead atoms. The molecule has 9 nitrogen and oxygen atoms in total. The van der Waals surface area contributed by atoms with Crippen molar-refractivity contribution < 1.29 is 5.48 Å². The van der Waals surface area contributed by atoms with Gasteiger partial charge in [-0.3, -0.25) is 0 Å². The van der Waals surface area contributed by atoms with Crippen molar-refractivity contribution in [1.29, 1.82) is 0 Å². The van der Waals surface area contributed by atoms with Crippen LogP contribution in [0.15, 0.2) is 30.9 Å². The van der Waals surface area contributed by atoms with Gasteiger partial charge in [0.1, 0.15) is 12.7 Å². The Kier molecular flexibility index (Phi) is 5.85. The summed E-state index contributed by atoms with van der Waals surface area (Å²) in [6.07, 6.45) is 2.91. The van der Waals surface area contributed by atoms with Crippen LogP contribution in [-0.2, 0) is 6.54 Å². The highest BCUT2D eigenvalue weighted by Crippen LogP contribution is 2.24. The van der Waals surface area contributed by atoms with E-state index in [-0.39, 0.29) is 5.48 Å². The molecule has 0 spiro atoms. The number of benzene rings is 1. The third-order valence-corrected chi connectivity index (χ3v) is 3.66. The lowest BCUT2D eigenvalue weighted by Crippen LogP contribution is -2.11. The minimum Gasteiger partial charge on any atom is -0.412 e. The summed E-state index contributed by atoms with van der Waals surface area (Å²) in [7, 11) is 1.72. The molecule has 0 aliphatic rings. The number of halogens is 2. The SMILES string of the molecule is CNc1nc(NCc2c(Cl)cccc2Cl)nc(-n2cncn2)n1.O. The fraction of sp³-hybridized carbons (Fsp3) is 0.154. The number of aromatic nitrogens is 6. The van der Waals surface area contributed by atoms with Crippen LogP contribution in [0.3, 0.4) is 0 Å². The van der Waals surface area contributed by atoms with Crippen LogP contribution >= 0.6 is 23.2 Å². The Balaban J connectivity index is 0.00000208. The molecule has 0 amide bonds. The number of hydrogen-bond acceptors (Lipinski definition) is 7. The fourth-order valence-corrected chi connectivity index (χ4v) is 2.37. The highest BCUT2D eigenvalue weighted by atomic mass is 35.5. The molecular weight excluding hydrogens is 355 g/mol. The minimum absolute atomic E-state index is 0. The van der Waals surface area contributed by atoms with E-state index in [1.165, 1.54) is 17.3 Å². The Morgan fingerprint density at radius 1 is 1.08 bits per heavy atom. The molecule has 0 unspecified atom stereocenters. The summed E-state index contributed by atoms with van der Waals surface area (Å²) in [5, 5.41) is 11.1. The fourth-order valence-electron chi connectivity index (χ4n) is 1.84. The van der Waals surface area contributed by atoms with E-state index in [4.69, 9.17) is 23.2 Å². The van der Waals surface area contributed by atoms with Gasteiger partial charge in [-0.15, -0.1) is 0 Å². The molecule has 4 N–H and O–H groups in total. The van der Waals surface area contributed by atoms with Gasteiger partial charge in [-0.05, 0) is 12.1 Å². The average molecular weight is 369 g/mol. The van der Waals surface area contributed by atoms with Crippen LogP contribution in [0.5, 0.6) is 0 Å². The smallest absolute Gasteiger partial charge is 0.258 e. The highest BCUT2D eigenvalue weighted by Gasteiger charge is 2.10. The summed E-state index contributed by atoms with van der Waals surface area (Å²) in [5.74, 6) is 1.11. The summed E-state index contributed by atoms with van der Waals surface area (Å²) in [4.78, 5) is 16.6. The van der Waals surface area contributed by atoms with E-state index in [1.807, 2.05) is 0 Å². The number of hydrogen-bond donors (Lipinski definition) is 2. The van der Waals surface area contributed by atoms with Gasteiger partial charge in [-0.1, -0.05) is 29.3 Å². The van der Waals surface area contributed by atoms with Crippen LogP contribution in [0.25, 0.3) is 5.95 Å². The average Bonchev–Trinajstić information content (AvgIpc) is 3.08. The number of anilines is 2. The molecule has 0 saturated carbocycles. The number of nitrogens with one attached hydrogen (secondary N) is 2. The lowest BCUT2D eigenvalue weighted by atomic mass is 10.2. The second-order valence-corrected chi connectivity index (χ2v) is 5.24. The Morgan fingerprint density at radius 2 is 1.79 bits per heavy atom. The first kappa shape index (κ1) is 17.9. The minimum atomic E-state index is 0. The molecule has 0 atom stereocenters. The zero-order valence-electron chi connectivity index (χ0n) is 12.5. The van der Waals surface area contributed by atoms with Crippen LogP contribution in [-0.4, -0.2) is 42.2 Å². The van der Waals surface area contributed by atoms with Gasteiger partial charge < -0.3 is 16.1 Å². The first-order chi connectivity index (χ1) is 11.2. The van der Waals surface area contributed by atoms with Gasteiger partial charge >= 0.3 is 0 Å². The van der Waals surface area contributed by atoms with Crippen LogP contribution in [0.4, 0.5) is 11.9 Å². The molecule has 0 aliphatic heterocycles. The van der Waals surface area contributed by atoms with Crippen molar-refractivity contribution in [2.24, 2.45) is 0 Å². The monoisotopic (exact) mass is 368 g/mol. The topological polar surface area (TPSA) is 125 Å². The van der Waals surface area contributed by atoms with Gasteiger partial charge in [0.15, 0.2) is 0 Å². The largest absolute Gasteiger partial charge is 0.412 e. The lowest BCUT2D eigenvalue weighted by Gasteiger charge is -2.10. The van der Waals surface area contributed by atoms with Crippen molar-refractivity contribution >= 4 is 35.1 Å². The van der Waals surface area contributed by atoms with Crippen molar-refractivity contribution in [2.45, 2.75) is 6.54 Å². The van der Waals surface area contributed by atoms with Gasteiger partial charge in [-0.25, -0.2) is 4.98 Å². The van der Waals surface area contributed by atoms with Crippen molar-refractivity contribution in [2.75, 3.05) is 17.7 Å². The predicted octanol–water partition coefficient (Wildman–Crippen LogP) is 1.59. The molecule has 24 heavy (non-hydrogen) atoms. The summed E-state index contributed by atoms with van der Waals surface area (Å²) < 4.78 is 1.44. The van der Waals surface area contributed by atoms with E-state index in [1.54, 1.807) is 25.2 Å². The Hall–Kier alpha value is -2.49. The van der Waals surface area contributed by atoms with Crippen molar-refractivity contribution in [1.82, 2.24) is 29.7 Å². The molecule has 2 aromatic heterocycles. The standard InChI is InChI=1S/C13H12Cl2N8.H2O/c1-16-11-20-12(22-13(21-11)23-7-17-6-19-23)18-5-8-9(14)3-2-4-10(8)15;/h2-4,6-7H,5H2,1H3,(H2,16,18,20,21,22);1H2. The lowest BCUT2D eigenvalue weighted by molar-refractivity contribution is 0.795. The summed E-state index contributed by atoms with van der Waals surface area (Å²) in [6.45, 7) is 0.377. The molecule has 1 aromatic carbocycles. The third-order valence-electron chi connectivity index (χ3n) is 2.96. The van der Waals surface area contributed by atoms with Crippen LogP contribution < -0.4 is 10.6 Å². The highest BCUT2D eigenvalue weighted by molar-refractivity contribution is 6.36. The van der Waals surface area contributed by atoms with E-state index in [0.717, 1.165) is 5.56 Å². The first-order valence-corrected chi connectivity index (χ1v) is 7.38. The number of nitrogens with zero attached hydrogens (tertiary/aromatic N) is 6. The Labute approximate surface area is 147 Å². The normalized spacial score (nSPS) is 10.1. The van der Waals surface area contributed by atoms with E-state index < -0.39 is 0 Å². The molecular formula is C13H14Cl2N8O. The van der Waals surface area contributed by atoms with Gasteiger partial charge in [0.2, 0.25) is 11.9 Å². The van der Waals surface area contributed by atoms with Gasteiger partial charge in [0.25, 0.3) is 5.95 Å². The molecule has 0 fully saturated rings. The molecule has 11 heteroatoms. The van der Waals surface area contributed by atoms with Gasteiger partial charge in [-0.2, -0.15) is 24.7 Å². The van der Waals surface area contributed by atoms with Crippen molar-refractivity contribution in [3.05, 3.63) is 46.5 Å². The summed E-state index contributed by atoms with van der Waals surface area (Å²) >= 11 is 12.3. The zero-order chi connectivity index (χ0) is 16.2. The van der Waals surface area contributed by atoms with Gasteiger partial charge in [0.05, 0.1) is 0 Å². The van der Waals surface area contributed by atoms with Crippen LogP contribution in [0, 0.1) is 0 Å². The second-order valence-electron chi connectivity index (χ2n) is 4.43. The van der Waals surface area contributed by atoms with E-state index in [9.17, 15) is 0 Å². The van der Waals surface area contributed by atoms with Crippen molar-refractivity contribution in [3.63, 3.8) is 0 Å². The third kappa shape index (κ3) is 3.88. The Bertz CT molecular complexity index is 791. The molecule has 3 aromatic rings. The maximum atomic E-state index is 6.15. The molecule has 2 heterocycles. The van der Waals surface area contributed by atoms with Crippen LogP contribution in [0.1, 0.15) is 5.56 Å². The molecule has 0 radical (unpaired) electrons. The van der Waals surface area contributed by atoms with Crippen molar-refractivity contribution in [3.8, 4) is 5.95 Å². The van der Waals surface area contributed by atoms with E-state index >= 15 is 0 Å². The molecule has 126 valence electrons. The first-order valence-electron chi connectivity index (χ1n) is 6.63. The number of rotatable bonds is 5. The molecule has 0 saturated heterocycles. The predicted molar refractivity (Wildman–Crippen MR) is 91.7 cm³/mol. The summed E-state index contributed by atoms with van der Waals surface area (Å²) in [5.41, 5.74) is 0.768. The maximum absolute atomic E-state index is 6.15. The molecule has 3 rings (SSSR count). The molecule has 0 aliphatic carbocycles. The zero-order valence-corrected chi connectivity index (χ0v) is 14.0. The van der Waals surface area contributed by atoms with E-state index in [0.29, 0.717) is 34.4 Å². The second kappa shape index (κ2) is 7.86. The van der Waals surface area contributed by atoms with Crippen LogP contribution in [0.2, 0.25) is 10.0 Å². The summed E-state index contributed by atoms with van der Waals surface area (Å²) in [6, 6.07) is 5.34. The maximum Gasteiger partial charge on any atom is 0.258 e.